The second-order valence-corrected chi connectivity index (χ2v) is 7.43. The Bertz CT molecular complexity index is 1170. The molecular formula is C27H29FN2O5. The number of benzene rings is 3. The Morgan fingerprint density at radius 1 is 0.943 bits per heavy atom. The number of halogens is 1. The Balaban J connectivity index is 1.63. The van der Waals surface area contributed by atoms with Crippen molar-refractivity contribution in [3.05, 3.63) is 83.2 Å². The smallest absolute Gasteiger partial charge is 0.271 e. The fraction of sp³-hybridized carbons (Fsp3) is 0.259. The van der Waals surface area contributed by atoms with Crippen molar-refractivity contribution in [3.8, 4) is 23.0 Å². The molecule has 0 fully saturated rings. The summed E-state index contributed by atoms with van der Waals surface area (Å²) in [6.45, 7) is 4.96. The monoisotopic (exact) mass is 480 g/mol. The number of rotatable bonds is 12. The minimum atomic E-state index is -0.388. The molecule has 0 saturated carbocycles. The first-order valence-corrected chi connectivity index (χ1v) is 11.3. The summed E-state index contributed by atoms with van der Waals surface area (Å²) in [5.41, 5.74) is 4.02. The van der Waals surface area contributed by atoms with Crippen molar-refractivity contribution in [1.29, 1.82) is 0 Å². The quantitative estimate of drug-likeness (QED) is 0.279. The number of hydrogen-bond donors (Lipinski definition) is 1. The number of carbonyl (C=O) groups is 1. The molecule has 0 saturated heterocycles. The molecule has 35 heavy (non-hydrogen) atoms. The lowest BCUT2D eigenvalue weighted by Crippen LogP contribution is -2.17. The molecule has 184 valence electrons. The van der Waals surface area contributed by atoms with Gasteiger partial charge in [-0.3, -0.25) is 4.79 Å². The highest BCUT2D eigenvalue weighted by atomic mass is 19.1. The molecule has 0 radical (unpaired) electrons. The van der Waals surface area contributed by atoms with E-state index in [2.05, 4.69) is 10.5 Å². The van der Waals surface area contributed by atoms with Crippen molar-refractivity contribution >= 4 is 12.1 Å². The van der Waals surface area contributed by atoms with E-state index >= 15 is 0 Å². The first-order chi connectivity index (χ1) is 17.0. The van der Waals surface area contributed by atoms with Crippen LogP contribution in [0.15, 0.2) is 65.8 Å². The fourth-order valence-corrected chi connectivity index (χ4v) is 3.13. The van der Waals surface area contributed by atoms with Gasteiger partial charge in [-0.2, -0.15) is 5.10 Å². The second kappa shape index (κ2) is 13.0. The van der Waals surface area contributed by atoms with E-state index in [-0.39, 0.29) is 18.3 Å². The number of methoxy groups -OCH3 is 1. The summed E-state index contributed by atoms with van der Waals surface area (Å²) >= 11 is 0. The predicted octanol–water partition coefficient (Wildman–Crippen LogP) is 5.36. The molecule has 7 nitrogen and oxygen atoms in total. The normalized spacial score (nSPS) is 10.7. The summed E-state index contributed by atoms with van der Waals surface area (Å²) < 4.78 is 36.2. The highest BCUT2D eigenvalue weighted by Gasteiger charge is 2.12. The standard InChI is InChI=1S/C27H29FN2O5/c1-4-14-34-24-13-11-20(16-26(24)33-5-2)27(31)30-29-17-19-10-12-23(25(15-19)32-3)35-18-21-8-6-7-9-22(21)28/h6-13,15-17H,4-5,14,18H2,1-3H3,(H,30,31)/b29-17+. The van der Waals surface area contributed by atoms with E-state index in [1.165, 1.54) is 19.4 Å². The summed E-state index contributed by atoms with van der Waals surface area (Å²) in [5.74, 6) is 1.31. The van der Waals surface area contributed by atoms with E-state index in [0.717, 1.165) is 6.42 Å². The zero-order valence-electron chi connectivity index (χ0n) is 20.0. The summed E-state index contributed by atoms with van der Waals surface area (Å²) in [4.78, 5) is 12.5. The zero-order chi connectivity index (χ0) is 25.0. The summed E-state index contributed by atoms with van der Waals surface area (Å²) in [7, 11) is 1.51. The molecule has 0 aliphatic rings. The number of ether oxygens (including phenoxy) is 4. The maximum Gasteiger partial charge on any atom is 0.271 e. The van der Waals surface area contributed by atoms with Gasteiger partial charge in [0.2, 0.25) is 0 Å². The van der Waals surface area contributed by atoms with Crippen molar-refractivity contribution in [3.63, 3.8) is 0 Å². The highest BCUT2D eigenvalue weighted by Crippen LogP contribution is 2.29. The number of hydrazone groups is 1. The van der Waals surface area contributed by atoms with Crippen molar-refractivity contribution < 1.29 is 28.1 Å². The number of nitrogens with zero attached hydrogens (tertiary/aromatic N) is 1. The number of carbonyl (C=O) groups excluding carboxylic acids is 1. The van der Waals surface area contributed by atoms with Crippen LogP contribution in [0.4, 0.5) is 4.39 Å². The molecule has 0 aromatic heterocycles. The SMILES string of the molecule is CCCOc1ccc(C(=O)N/N=C/c2ccc(OCc3ccccc3F)c(OC)c2)cc1OCC. The molecule has 0 aliphatic heterocycles. The van der Waals surface area contributed by atoms with Gasteiger partial charge in [-0.1, -0.05) is 25.1 Å². The molecule has 8 heteroatoms. The van der Waals surface area contributed by atoms with Gasteiger partial charge in [0.25, 0.3) is 5.91 Å². The van der Waals surface area contributed by atoms with E-state index in [9.17, 15) is 9.18 Å². The summed E-state index contributed by atoms with van der Waals surface area (Å²) in [6.07, 6.45) is 2.36. The van der Waals surface area contributed by atoms with E-state index in [1.54, 1.807) is 54.6 Å². The predicted molar refractivity (Wildman–Crippen MR) is 132 cm³/mol. The second-order valence-electron chi connectivity index (χ2n) is 7.43. The van der Waals surface area contributed by atoms with Gasteiger partial charge >= 0.3 is 0 Å². The largest absolute Gasteiger partial charge is 0.493 e. The van der Waals surface area contributed by atoms with Gasteiger partial charge in [-0.05, 0) is 61.4 Å². The average molecular weight is 481 g/mol. The van der Waals surface area contributed by atoms with Crippen LogP contribution >= 0.6 is 0 Å². The van der Waals surface area contributed by atoms with Gasteiger partial charge in [-0.15, -0.1) is 0 Å². The number of hydrogen-bond acceptors (Lipinski definition) is 6. The minimum Gasteiger partial charge on any atom is -0.493 e. The Morgan fingerprint density at radius 2 is 1.71 bits per heavy atom. The molecule has 0 heterocycles. The lowest BCUT2D eigenvalue weighted by atomic mass is 10.2. The molecule has 3 aromatic rings. The molecule has 0 aliphatic carbocycles. The van der Waals surface area contributed by atoms with Gasteiger partial charge in [0, 0.05) is 11.1 Å². The van der Waals surface area contributed by atoms with Crippen LogP contribution in [0, 0.1) is 5.82 Å². The fourth-order valence-electron chi connectivity index (χ4n) is 3.13. The van der Waals surface area contributed by atoms with E-state index in [1.807, 2.05) is 13.8 Å². The third kappa shape index (κ3) is 7.20. The first kappa shape index (κ1) is 25.6. The van der Waals surface area contributed by atoms with Crippen molar-refractivity contribution in [2.24, 2.45) is 5.10 Å². The van der Waals surface area contributed by atoms with E-state index in [0.29, 0.717) is 52.9 Å². The van der Waals surface area contributed by atoms with Crippen LogP contribution in [0.2, 0.25) is 0 Å². The van der Waals surface area contributed by atoms with Crippen LogP contribution < -0.4 is 24.4 Å². The maximum atomic E-state index is 13.8. The van der Waals surface area contributed by atoms with Crippen LogP contribution in [-0.4, -0.2) is 32.4 Å². The zero-order valence-corrected chi connectivity index (χ0v) is 20.0. The Morgan fingerprint density at radius 3 is 2.46 bits per heavy atom. The molecular weight excluding hydrogens is 451 g/mol. The van der Waals surface area contributed by atoms with Gasteiger partial charge in [0.15, 0.2) is 23.0 Å². The molecule has 1 N–H and O–H groups in total. The third-order valence-corrected chi connectivity index (χ3v) is 4.88. The number of nitrogens with one attached hydrogen (secondary N) is 1. The van der Waals surface area contributed by atoms with Crippen molar-refractivity contribution in [2.45, 2.75) is 26.9 Å². The lowest BCUT2D eigenvalue weighted by Gasteiger charge is -2.12. The number of amides is 1. The average Bonchev–Trinajstić information content (AvgIpc) is 2.88. The van der Waals surface area contributed by atoms with Crippen molar-refractivity contribution in [1.82, 2.24) is 5.43 Å². The van der Waals surface area contributed by atoms with Gasteiger partial charge in [0.1, 0.15) is 12.4 Å². The van der Waals surface area contributed by atoms with E-state index < -0.39 is 0 Å². The molecule has 1 amide bonds. The van der Waals surface area contributed by atoms with Gasteiger partial charge in [0.05, 0.1) is 26.5 Å². The Labute approximate surface area is 204 Å². The van der Waals surface area contributed by atoms with Crippen LogP contribution in [0.25, 0.3) is 0 Å². The highest BCUT2D eigenvalue weighted by molar-refractivity contribution is 5.95. The molecule has 0 spiro atoms. The summed E-state index contributed by atoms with van der Waals surface area (Å²) in [5, 5.41) is 4.03. The Kier molecular flexibility index (Phi) is 9.48. The molecule has 0 atom stereocenters. The molecule has 3 aromatic carbocycles. The van der Waals surface area contributed by atoms with Crippen molar-refractivity contribution in [2.75, 3.05) is 20.3 Å². The minimum absolute atomic E-state index is 0.0680. The van der Waals surface area contributed by atoms with Gasteiger partial charge < -0.3 is 18.9 Å². The first-order valence-electron chi connectivity index (χ1n) is 11.3. The molecule has 0 unspecified atom stereocenters. The Hall–Kier alpha value is -4.07. The molecule has 3 rings (SSSR count). The molecule has 0 bridgehead atoms. The van der Waals surface area contributed by atoms with Gasteiger partial charge in [-0.25, -0.2) is 9.82 Å². The third-order valence-electron chi connectivity index (χ3n) is 4.88. The lowest BCUT2D eigenvalue weighted by molar-refractivity contribution is 0.0954. The van der Waals surface area contributed by atoms with Crippen LogP contribution in [0.3, 0.4) is 0 Å². The summed E-state index contributed by atoms with van der Waals surface area (Å²) in [6, 6.07) is 16.6. The van der Waals surface area contributed by atoms with Crippen LogP contribution in [0.5, 0.6) is 23.0 Å². The van der Waals surface area contributed by atoms with Crippen LogP contribution in [-0.2, 0) is 6.61 Å². The maximum absolute atomic E-state index is 13.8. The van der Waals surface area contributed by atoms with E-state index in [4.69, 9.17) is 18.9 Å². The van der Waals surface area contributed by atoms with Crippen LogP contribution in [0.1, 0.15) is 41.8 Å². The topological polar surface area (TPSA) is 78.4 Å².